The topological polar surface area (TPSA) is 41.6 Å². The maximum absolute atomic E-state index is 12.7. The lowest BCUT2D eigenvalue weighted by molar-refractivity contribution is -0.153. The van der Waals surface area contributed by atoms with Crippen molar-refractivity contribution in [3.05, 3.63) is 0 Å². The van der Waals surface area contributed by atoms with Gasteiger partial charge >= 0.3 is 5.97 Å². The lowest BCUT2D eigenvalue weighted by atomic mass is 9.91. The smallest absolute Gasteiger partial charge is 0.327 e. The molecule has 1 unspecified atom stereocenters. The van der Waals surface area contributed by atoms with Gasteiger partial charge in [-0.15, -0.1) is 0 Å². The van der Waals surface area contributed by atoms with Crippen LogP contribution in [-0.4, -0.2) is 48.7 Å². The summed E-state index contributed by atoms with van der Waals surface area (Å²) in [5.41, 5.74) is -0.524. The minimum Gasteiger partial charge on any atom is -0.465 e. The normalized spacial score (nSPS) is 18.3. The highest BCUT2D eigenvalue weighted by Gasteiger charge is 2.52. The first-order chi connectivity index (χ1) is 9.87. The molecule has 0 saturated heterocycles. The summed E-state index contributed by atoms with van der Waals surface area (Å²) >= 11 is 0. The van der Waals surface area contributed by atoms with Crippen molar-refractivity contribution in [3.63, 3.8) is 0 Å². The molecule has 4 heteroatoms. The third-order valence-corrected chi connectivity index (χ3v) is 4.19. The summed E-state index contributed by atoms with van der Waals surface area (Å²) in [5, 5.41) is 3.49. The zero-order chi connectivity index (χ0) is 16.0. The fourth-order valence-corrected chi connectivity index (χ4v) is 3.03. The average molecular weight is 298 g/mol. The zero-order valence-corrected chi connectivity index (χ0v) is 14.7. The molecule has 0 aliphatic heterocycles. The van der Waals surface area contributed by atoms with Gasteiger partial charge in [0.05, 0.1) is 6.61 Å². The largest absolute Gasteiger partial charge is 0.465 e. The third-order valence-electron chi connectivity index (χ3n) is 4.19. The van der Waals surface area contributed by atoms with Crippen LogP contribution in [0.1, 0.15) is 54.4 Å². The summed E-state index contributed by atoms with van der Waals surface area (Å²) in [5.74, 6) is 0.946. The van der Waals surface area contributed by atoms with Crippen LogP contribution in [-0.2, 0) is 9.53 Å². The molecule has 0 aromatic rings. The first kappa shape index (κ1) is 18.4. The second kappa shape index (κ2) is 8.14. The Kier molecular flexibility index (Phi) is 7.14. The van der Waals surface area contributed by atoms with Crippen LogP contribution in [0.25, 0.3) is 0 Å². The first-order valence-electron chi connectivity index (χ1n) is 8.53. The van der Waals surface area contributed by atoms with Gasteiger partial charge < -0.3 is 10.1 Å². The number of likely N-dealkylation sites (N-methyl/N-ethyl adjacent to an activating group) is 1. The molecule has 124 valence electrons. The first-order valence-corrected chi connectivity index (χ1v) is 8.53. The quantitative estimate of drug-likeness (QED) is 0.630. The Morgan fingerprint density at radius 1 is 1.29 bits per heavy atom. The Bertz CT molecular complexity index is 327. The number of nitrogens with one attached hydrogen (secondary N) is 1. The Balaban J connectivity index is 2.95. The Hall–Kier alpha value is -0.610. The predicted molar refractivity (Wildman–Crippen MR) is 87.3 cm³/mol. The van der Waals surface area contributed by atoms with Crippen LogP contribution in [0.2, 0.25) is 0 Å². The molecule has 0 spiro atoms. The minimum absolute atomic E-state index is 0.0660. The van der Waals surface area contributed by atoms with Crippen LogP contribution < -0.4 is 5.32 Å². The number of ether oxygens (including phenoxy) is 1. The average Bonchev–Trinajstić information content (AvgIpc) is 3.21. The van der Waals surface area contributed by atoms with E-state index in [4.69, 9.17) is 4.74 Å². The van der Waals surface area contributed by atoms with Crippen molar-refractivity contribution in [2.24, 2.45) is 11.8 Å². The molecule has 1 fully saturated rings. The van der Waals surface area contributed by atoms with Crippen LogP contribution in [0, 0.1) is 11.8 Å². The highest BCUT2D eigenvalue weighted by molar-refractivity contribution is 5.82. The second-order valence-electron chi connectivity index (χ2n) is 6.91. The van der Waals surface area contributed by atoms with Crippen molar-refractivity contribution in [1.29, 1.82) is 0 Å². The zero-order valence-electron chi connectivity index (χ0n) is 14.7. The van der Waals surface area contributed by atoms with Gasteiger partial charge in [0.1, 0.15) is 5.54 Å². The fourth-order valence-electron chi connectivity index (χ4n) is 3.03. The van der Waals surface area contributed by atoms with E-state index in [2.05, 4.69) is 44.8 Å². The molecule has 1 aliphatic carbocycles. The van der Waals surface area contributed by atoms with Gasteiger partial charge in [-0.3, -0.25) is 4.90 Å². The maximum Gasteiger partial charge on any atom is 0.327 e. The van der Waals surface area contributed by atoms with Gasteiger partial charge in [-0.1, -0.05) is 20.8 Å². The van der Waals surface area contributed by atoms with Gasteiger partial charge in [-0.2, -0.15) is 0 Å². The van der Waals surface area contributed by atoms with E-state index in [0.29, 0.717) is 24.5 Å². The molecule has 21 heavy (non-hydrogen) atoms. The summed E-state index contributed by atoms with van der Waals surface area (Å²) in [6.07, 6.45) is 2.25. The molecule has 4 nitrogen and oxygen atoms in total. The van der Waals surface area contributed by atoms with E-state index < -0.39 is 5.54 Å². The fraction of sp³-hybridized carbons (Fsp3) is 0.941. The Morgan fingerprint density at radius 2 is 1.90 bits per heavy atom. The van der Waals surface area contributed by atoms with Gasteiger partial charge in [0, 0.05) is 19.1 Å². The lowest BCUT2D eigenvalue weighted by Crippen LogP contribution is -2.62. The van der Waals surface area contributed by atoms with Crippen LogP contribution in [0.15, 0.2) is 0 Å². The molecule has 0 bridgehead atoms. The summed E-state index contributed by atoms with van der Waals surface area (Å²) in [6, 6.07) is 0.429. The van der Waals surface area contributed by atoms with Crippen LogP contribution in [0.5, 0.6) is 0 Å². The van der Waals surface area contributed by atoms with E-state index in [9.17, 15) is 4.79 Å². The number of nitrogens with zero attached hydrogens (tertiary/aromatic N) is 1. The summed E-state index contributed by atoms with van der Waals surface area (Å²) in [6.45, 7) is 15.8. The molecule has 1 saturated carbocycles. The minimum atomic E-state index is -0.524. The maximum atomic E-state index is 12.7. The number of esters is 1. The monoisotopic (exact) mass is 298 g/mol. The van der Waals surface area contributed by atoms with Gasteiger partial charge in [0.25, 0.3) is 0 Å². The van der Waals surface area contributed by atoms with Gasteiger partial charge in [0.15, 0.2) is 0 Å². The summed E-state index contributed by atoms with van der Waals surface area (Å²) < 4.78 is 5.42. The Morgan fingerprint density at radius 3 is 2.29 bits per heavy atom. The van der Waals surface area contributed by atoms with Crippen molar-refractivity contribution in [3.8, 4) is 0 Å². The van der Waals surface area contributed by atoms with E-state index in [-0.39, 0.29) is 5.97 Å². The SMILES string of the molecule is CCNC(CN(CC(C)C)C(C)C)(C(=O)OCC)C1CC1. The van der Waals surface area contributed by atoms with E-state index in [1.807, 2.05) is 6.92 Å². The highest BCUT2D eigenvalue weighted by atomic mass is 16.5. The molecule has 0 aromatic carbocycles. The van der Waals surface area contributed by atoms with E-state index in [1.54, 1.807) is 0 Å². The van der Waals surface area contributed by atoms with Gasteiger partial charge in [-0.05, 0) is 52.0 Å². The van der Waals surface area contributed by atoms with Crippen molar-refractivity contribution in [2.75, 3.05) is 26.2 Å². The highest BCUT2D eigenvalue weighted by Crippen LogP contribution is 2.41. The number of hydrogen-bond donors (Lipinski definition) is 1. The summed E-state index contributed by atoms with van der Waals surface area (Å²) in [7, 11) is 0. The van der Waals surface area contributed by atoms with Crippen LogP contribution in [0.3, 0.4) is 0 Å². The van der Waals surface area contributed by atoms with Crippen molar-refractivity contribution in [1.82, 2.24) is 10.2 Å². The van der Waals surface area contributed by atoms with E-state index in [0.717, 1.165) is 32.5 Å². The number of hydrogen-bond acceptors (Lipinski definition) is 4. The predicted octanol–water partition coefficient (Wildman–Crippen LogP) is 2.67. The van der Waals surface area contributed by atoms with Crippen LogP contribution >= 0.6 is 0 Å². The van der Waals surface area contributed by atoms with Crippen LogP contribution in [0.4, 0.5) is 0 Å². The Labute approximate surface area is 130 Å². The molecular weight excluding hydrogens is 264 g/mol. The number of rotatable bonds is 10. The molecule has 1 atom stereocenters. The molecule has 0 heterocycles. The molecule has 0 amide bonds. The number of carbonyl (C=O) groups excluding carboxylic acids is 1. The second-order valence-corrected chi connectivity index (χ2v) is 6.91. The molecular formula is C17H34N2O2. The molecule has 0 aromatic heterocycles. The van der Waals surface area contributed by atoms with Gasteiger partial charge in [-0.25, -0.2) is 4.79 Å². The molecule has 1 N–H and O–H groups in total. The standard InChI is InChI=1S/C17H34N2O2/c1-7-18-17(15-9-10-15,16(20)21-8-2)12-19(14(5)6)11-13(3)4/h13-15,18H,7-12H2,1-6H3. The van der Waals surface area contributed by atoms with E-state index >= 15 is 0 Å². The lowest BCUT2D eigenvalue weighted by Gasteiger charge is -2.39. The van der Waals surface area contributed by atoms with Gasteiger partial charge in [0.2, 0.25) is 0 Å². The molecule has 0 radical (unpaired) electrons. The van der Waals surface area contributed by atoms with Crippen molar-refractivity contribution >= 4 is 5.97 Å². The van der Waals surface area contributed by atoms with Crippen molar-refractivity contribution in [2.45, 2.75) is 66.0 Å². The molecule has 1 rings (SSSR count). The van der Waals surface area contributed by atoms with Crippen molar-refractivity contribution < 1.29 is 9.53 Å². The van der Waals surface area contributed by atoms with E-state index in [1.165, 1.54) is 0 Å². The molecule has 1 aliphatic rings. The summed E-state index contributed by atoms with van der Waals surface area (Å²) in [4.78, 5) is 15.1. The number of carbonyl (C=O) groups is 1. The third kappa shape index (κ3) is 4.96.